The number of hydrogen-bond acceptors (Lipinski definition) is 43. The first-order chi connectivity index (χ1) is 72.9. The lowest BCUT2D eigenvalue weighted by atomic mass is 9.91. The topological polar surface area (TPSA) is 421 Å². The van der Waals surface area contributed by atoms with E-state index in [1.165, 1.54) is 70.0 Å². The van der Waals surface area contributed by atoms with Crippen molar-refractivity contribution in [3.8, 4) is 29.4 Å². The van der Waals surface area contributed by atoms with Crippen LogP contribution in [-0.4, -0.2) is 290 Å². The highest BCUT2D eigenvalue weighted by Crippen LogP contribution is 2.48. The fourth-order valence-electron chi connectivity index (χ4n) is 21.9. The van der Waals surface area contributed by atoms with Gasteiger partial charge < -0.3 is 103 Å². The van der Waals surface area contributed by atoms with E-state index in [0.29, 0.717) is 128 Å². The van der Waals surface area contributed by atoms with Crippen molar-refractivity contribution in [2.45, 2.75) is 254 Å². The molecule has 6 fully saturated rings. The van der Waals surface area contributed by atoms with Crippen LogP contribution in [0.15, 0.2) is 65.7 Å². The molecule has 46 heteroatoms. The third-order valence-electron chi connectivity index (χ3n) is 30.1. The van der Waals surface area contributed by atoms with Crippen LogP contribution in [-0.2, 0) is 101 Å². The molecule has 26 rings (SSSR count). The van der Waals surface area contributed by atoms with Crippen molar-refractivity contribution in [2.24, 2.45) is 7.05 Å². The Morgan fingerprint density at radius 2 is 0.644 bits per heavy atom. The average molecular weight is 2150 g/mol. The lowest BCUT2D eigenvalue weighted by molar-refractivity contribution is -0.00125. The average Bonchev–Trinajstić information content (AvgIpc) is 1.63. The van der Waals surface area contributed by atoms with Gasteiger partial charge in [-0.2, -0.15) is 44.6 Å². The molecular formula is C103H132N28O12S6. The van der Waals surface area contributed by atoms with E-state index in [4.69, 9.17) is 106 Å². The van der Waals surface area contributed by atoms with Gasteiger partial charge in [-0.3, -0.25) is 19.8 Å². The van der Waals surface area contributed by atoms with Gasteiger partial charge in [0.15, 0.2) is 0 Å². The Bertz CT molecular complexity index is 6550. The number of anilines is 10. The lowest BCUT2D eigenvalue weighted by Crippen LogP contribution is -2.46. The molecular weight excluding hydrogens is 2010 g/mol. The predicted molar refractivity (Wildman–Crippen MR) is 580 cm³/mol. The number of H-pyrrole nitrogens is 2. The number of aromatic nitrogens is 18. The molecule has 40 nitrogen and oxygen atoms in total. The molecule has 1 saturated heterocycles. The summed E-state index contributed by atoms with van der Waals surface area (Å²) in [5, 5.41) is 45.0. The van der Waals surface area contributed by atoms with Crippen molar-refractivity contribution < 1.29 is 56.6 Å². The zero-order chi connectivity index (χ0) is 101. The maximum Gasteiger partial charge on any atom is 0.232 e. The summed E-state index contributed by atoms with van der Waals surface area (Å²) in [6.07, 6.45) is 43.0. The maximum absolute atomic E-state index is 6.60. The van der Waals surface area contributed by atoms with Crippen LogP contribution >= 0.6 is 68.2 Å². The number of ether oxygens (including phenoxy) is 11. The molecule has 0 spiro atoms. The number of rotatable bonds is 25. The maximum atomic E-state index is 6.60. The van der Waals surface area contributed by atoms with Crippen molar-refractivity contribution in [3.05, 3.63) is 113 Å². The molecule has 0 radical (unpaired) electrons. The molecule has 5 saturated carbocycles. The fourth-order valence-corrected chi connectivity index (χ4v) is 28.1. The molecule has 6 aliphatic heterocycles. The van der Waals surface area contributed by atoms with Crippen molar-refractivity contribution in [1.29, 1.82) is 0 Å². The number of aromatic amines is 2. The molecule has 11 aliphatic rings. The molecule has 0 aromatic carbocycles. The van der Waals surface area contributed by atoms with Gasteiger partial charge in [-0.15, -0.1) is 56.7 Å². The van der Waals surface area contributed by atoms with Crippen molar-refractivity contribution in [1.82, 2.24) is 114 Å². The molecule has 15 aromatic heterocycles. The highest BCUT2D eigenvalue weighted by Gasteiger charge is 2.37. The molecule has 0 unspecified atom stereocenters. The van der Waals surface area contributed by atoms with Gasteiger partial charge in [0.25, 0.3) is 0 Å². The summed E-state index contributed by atoms with van der Waals surface area (Å²) in [5.74, 6) is 6.20. The van der Waals surface area contributed by atoms with Crippen molar-refractivity contribution >= 4 is 177 Å². The van der Waals surface area contributed by atoms with Crippen LogP contribution in [0.3, 0.4) is 0 Å². The number of nitrogens with one attached hydrogen (secondary N) is 7. The minimum absolute atomic E-state index is 0.183. The number of nitrogens with zero attached hydrogens (tertiary/aromatic N) is 21. The minimum atomic E-state index is 0.183. The molecule has 15 aromatic rings. The molecule has 792 valence electrons. The molecule has 0 atom stereocenters. The SMILES string of the molecule is CN(C)C1CCC(Oc2nc(Nc3cn[nH]c3)nc3sc4c(c23)CCOC4)CC1.CN(C)C1CCC(Oc2nc(Nc3cnn(C)c3)nc3sc4c(c23)CCOC4)CC1.CN(C)C1CCC(Oc2nc(Nc3cnoc3)nc3sc4c(c23)CCOC4)CC1.CN(C)C1CCC(Oc2nc(Nc3cnsc3)nc3sc4c(c23)CCOC4)CC1.c1n[nH]cc1Nc1nc(OC2CCC(N3CCOCC3)CC2)c2c3c(sc2n1)COCC3. The van der Waals surface area contributed by atoms with Crippen LogP contribution in [0.4, 0.5) is 58.2 Å². The smallest absolute Gasteiger partial charge is 0.232 e. The second-order valence-electron chi connectivity index (χ2n) is 40.8. The van der Waals surface area contributed by atoms with Gasteiger partial charge in [-0.25, -0.2) is 24.9 Å². The van der Waals surface area contributed by atoms with Crippen LogP contribution in [0.1, 0.15) is 181 Å². The van der Waals surface area contributed by atoms with Crippen LogP contribution in [0.5, 0.6) is 29.4 Å². The fraction of sp³-hybridized carbons (Fsp3) is 0.563. The van der Waals surface area contributed by atoms with E-state index in [-0.39, 0.29) is 30.5 Å². The highest BCUT2D eigenvalue weighted by atomic mass is 32.1. The normalized spacial score (nSPS) is 22.5. The van der Waals surface area contributed by atoms with Crippen LogP contribution in [0.2, 0.25) is 0 Å². The van der Waals surface area contributed by atoms with Crippen LogP contribution in [0, 0.1) is 0 Å². The first-order valence-electron chi connectivity index (χ1n) is 52.3. The van der Waals surface area contributed by atoms with E-state index in [9.17, 15) is 0 Å². The van der Waals surface area contributed by atoms with Crippen LogP contribution in [0.25, 0.3) is 51.1 Å². The van der Waals surface area contributed by atoms with Gasteiger partial charge in [0.05, 0.1) is 160 Å². The molecule has 0 amide bonds. The lowest BCUT2D eigenvalue weighted by Gasteiger charge is -2.38. The Labute approximate surface area is 888 Å². The number of hydrogen-bond donors (Lipinski definition) is 7. The molecule has 149 heavy (non-hydrogen) atoms. The minimum Gasteiger partial charge on any atom is -0.474 e. The van der Waals surface area contributed by atoms with Gasteiger partial charge in [0.2, 0.25) is 59.1 Å². The number of fused-ring (bicyclic) bond motifs is 15. The Kier molecular flexibility index (Phi) is 32.8. The van der Waals surface area contributed by atoms with Crippen molar-refractivity contribution in [2.75, 3.05) is 142 Å². The summed E-state index contributed by atoms with van der Waals surface area (Å²) >= 11 is 9.81. The standard InChI is InChI=1S/C22H28N6O3S.C21H28N6O2S.C20H26N6O2S.C20H25N5O3S.C20H25N5O2S2/c1-3-16(4-2-15(1)28-6-9-29-10-7-28)31-20-19-17-5-8-30-13-18(17)32-21(19)27-22(26-20)25-14-11-23-24-12-14;1-26(2)14-4-6-15(7-5-14)29-19-18-16-8-9-28-12-17(16)30-20(18)25-21(24-19)23-13-10-22-27(3)11-13;1-26(2)13-3-5-14(6-4-13)28-18-17-15-7-8-27-11-16(15)29-19(17)25-20(24-18)23-12-9-21-22-10-12;1-25(2)13-3-5-14(6-4-13)28-18-17-15-7-8-26-11-16(15)29-19(17)24-20(23-18)22-12-9-21-27-10-12;1-25(2)13-3-5-14(6-4-13)27-18-17-15-7-8-26-10-16(15)29-19(17)24-20(23-18)22-12-9-21-28-11-12/h11-12,15-16H,1-10,13H2,(H,23,24)(H,25,26,27);10-11,14-15H,4-9,12H2,1-3H3,(H,23,24,25);9-10,13-14H,3-8,11H2,1-2H3,(H,21,22)(H,23,24,25);9-10,13-14H,3-8,11H2,1-2H3,(H,22,23,24);9,11,13-14H,3-8,10H2,1-2H3,(H,22,23,24). The molecule has 7 N–H and O–H groups in total. The third kappa shape index (κ3) is 24.6. The van der Waals surface area contributed by atoms with E-state index in [2.05, 4.69) is 142 Å². The molecule has 5 aliphatic carbocycles. The van der Waals surface area contributed by atoms with E-state index in [0.717, 1.165) is 294 Å². The third-order valence-corrected chi connectivity index (χ3v) is 36.2. The molecule has 0 bridgehead atoms. The largest absolute Gasteiger partial charge is 0.474 e. The highest BCUT2D eigenvalue weighted by molar-refractivity contribution is 7.20. The summed E-state index contributed by atoms with van der Waals surface area (Å²) in [6, 6.07) is 3.22. The second-order valence-corrected chi connectivity index (χ2v) is 46.8. The van der Waals surface area contributed by atoms with Gasteiger partial charge in [-0.1, -0.05) is 5.16 Å². The summed E-state index contributed by atoms with van der Waals surface area (Å²) in [5.41, 5.74) is 10.6. The zero-order valence-electron chi connectivity index (χ0n) is 85.9. The quantitative estimate of drug-likeness (QED) is 0.0279. The van der Waals surface area contributed by atoms with E-state index in [1.807, 2.05) is 18.6 Å². The van der Waals surface area contributed by atoms with E-state index < -0.39 is 0 Å². The summed E-state index contributed by atoms with van der Waals surface area (Å²) in [7, 11) is 19.2. The van der Waals surface area contributed by atoms with Crippen LogP contribution < -0.4 is 50.3 Å². The Morgan fingerprint density at radius 3 is 0.919 bits per heavy atom. The van der Waals surface area contributed by atoms with Gasteiger partial charge in [0.1, 0.15) is 66.6 Å². The Morgan fingerprint density at radius 1 is 0.336 bits per heavy atom. The summed E-state index contributed by atoms with van der Waals surface area (Å²) < 4.78 is 77.3. The zero-order valence-corrected chi connectivity index (χ0v) is 90.8. The Balaban J connectivity index is 0.000000105. The summed E-state index contributed by atoms with van der Waals surface area (Å²) in [4.78, 5) is 70.6. The van der Waals surface area contributed by atoms with Gasteiger partial charge in [0, 0.05) is 98.7 Å². The van der Waals surface area contributed by atoms with E-state index in [1.54, 1.807) is 105 Å². The number of morpholine rings is 1. The predicted octanol–water partition coefficient (Wildman–Crippen LogP) is 18.2. The molecule has 21 heterocycles. The van der Waals surface area contributed by atoms with Gasteiger partial charge in [-0.05, 0) is 256 Å². The second kappa shape index (κ2) is 47.6. The number of aryl methyl sites for hydroxylation is 1. The van der Waals surface area contributed by atoms with Gasteiger partial charge >= 0.3 is 0 Å². The Hall–Kier alpha value is -10.8. The van der Waals surface area contributed by atoms with E-state index >= 15 is 0 Å². The van der Waals surface area contributed by atoms with Crippen molar-refractivity contribution in [3.63, 3.8) is 0 Å². The first-order valence-corrected chi connectivity index (χ1v) is 57.2. The monoisotopic (exact) mass is 2140 g/mol. The first kappa shape index (κ1) is 103. The number of thiophene rings is 5. The summed E-state index contributed by atoms with van der Waals surface area (Å²) in [6.45, 7) is 10.7.